The van der Waals surface area contributed by atoms with Crippen LogP contribution in [0.4, 0.5) is 9.59 Å². The quantitative estimate of drug-likeness (QED) is 0.418. The summed E-state index contributed by atoms with van der Waals surface area (Å²) in [7, 11) is 0. The first-order valence-corrected chi connectivity index (χ1v) is 10.3. The van der Waals surface area contributed by atoms with Gasteiger partial charge in [-0.1, -0.05) is 13.3 Å². The molecule has 2 atom stereocenters. The predicted molar refractivity (Wildman–Crippen MR) is 105 cm³/mol. The van der Waals surface area contributed by atoms with E-state index < -0.39 is 17.7 Å². The summed E-state index contributed by atoms with van der Waals surface area (Å²) in [6, 6.07) is -0.813. The van der Waals surface area contributed by atoms with Gasteiger partial charge < -0.3 is 15.0 Å². The van der Waals surface area contributed by atoms with Crippen molar-refractivity contribution in [2.45, 2.75) is 77.5 Å². The third-order valence-corrected chi connectivity index (χ3v) is 4.62. The molecule has 10 nitrogen and oxygen atoms in total. The first-order chi connectivity index (χ1) is 13.7. The Labute approximate surface area is 172 Å². The van der Waals surface area contributed by atoms with Gasteiger partial charge in [-0.15, -0.1) is 0 Å². The number of ether oxygens (including phenoxy) is 1. The molecule has 0 aliphatic carbocycles. The van der Waals surface area contributed by atoms with Crippen LogP contribution in [0, 0.1) is 0 Å². The highest BCUT2D eigenvalue weighted by molar-refractivity contribution is 5.88. The third kappa shape index (κ3) is 7.04. The molecule has 2 heterocycles. The van der Waals surface area contributed by atoms with Crippen LogP contribution in [0.25, 0.3) is 0 Å². The zero-order chi connectivity index (χ0) is 21.4. The molecule has 29 heavy (non-hydrogen) atoms. The van der Waals surface area contributed by atoms with Crippen LogP contribution in [0.15, 0.2) is 0 Å². The summed E-state index contributed by atoms with van der Waals surface area (Å²) in [5, 5.41) is 4.04. The van der Waals surface area contributed by atoms with Gasteiger partial charge in [0.2, 0.25) is 0 Å². The van der Waals surface area contributed by atoms with Gasteiger partial charge in [0.15, 0.2) is 0 Å². The number of piperidine rings is 1. The summed E-state index contributed by atoms with van der Waals surface area (Å²) >= 11 is 0. The molecule has 4 amide bonds. The topological polar surface area (TPSA) is 109 Å². The summed E-state index contributed by atoms with van der Waals surface area (Å²) in [6.45, 7) is 9.03. The molecule has 0 spiro atoms. The SMILES string of the molecule is CCCCON1C(=O)N2C[C@@H]1CC[C@H]2C(=O)NOCCCNC(=O)OC(C)(C)C. The number of hydrogen-bond donors (Lipinski definition) is 2. The minimum absolute atomic E-state index is 0.00301. The number of hydrogen-bond acceptors (Lipinski definition) is 6. The molecule has 0 aromatic heterocycles. The van der Waals surface area contributed by atoms with E-state index in [1.807, 2.05) is 0 Å². The van der Waals surface area contributed by atoms with Gasteiger partial charge in [0.1, 0.15) is 11.6 Å². The summed E-state index contributed by atoms with van der Waals surface area (Å²) in [6.07, 6.45) is 3.18. The lowest BCUT2D eigenvalue weighted by Crippen LogP contribution is -2.49. The van der Waals surface area contributed by atoms with Crippen LogP contribution >= 0.6 is 0 Å². The van der Waals surface area contributed by atoms with Gasteiger partial charge in [-0.05, 0) is 46.5 Å². The molecule has 0 radical (unpaired) electrons. The van der Waals surface area contributed by atoms with Gasteiger partial charge in [0.05, 0.1) is 19.3 Å². The number of nitrogens with one attached hydrogen (secondary N) is 2. The fraction of sp³-hybridized carbons (Fsp3) is 0.842. The molecule has 0 unspecified atom stereocenters. The highest BCUT2D eigenvalue weighted by Gasteiger charge is 2.47. The molecule has 2 rings (SSSR count). The Kier molecular flexibility index (Phi) is 8.51. The first kappa shape index (κ1) is 23.2. The molecule has 2 aliphatic heterocycles. The zero-order valence-electron chi connectivity index (χ0n) is 17.9. The van der Waals surface area contributed by atoms with Crippen molar-refractivity contribution in [3.05, 3.63) is 0 Å². The number of nitrogens with zero attached hydrogens (tertiary/aromatic N) is 2. The molecule has 10 heteroatoms. The normalized spacial score (nSPS) is 21.3. The Bertz CT molecular complexity index is 580. The summed E-state index contributed by atoms with van der Waals surface area (Å²) in [5.41, 5.74) is 1.87. The van der Waals surface area contributed by atoms with E-state index in [1.54, 1.807) is 25.7 Å². The zero-order valence-corrected chi connectivity index (χ0v) is 17.9. The van der Waals surface area contributed by atoms with Crippen LogP contribution in [0.1, 0.15) is 59.8 Å². The fourth-order valence-corrected chi connectivity index (χ4v) is 3.22. The molecule has 0 aromatic rings. The van der Waals surface area contributed by atoms with Crippen LogP contribution in [0.2, 0.25) is 0 Å². The number of urea groups is 1. The highest BCUT2D eigenvalue weighted by Crippen LogP contribution is 2.30. The van der Waals surface area contributed by atoms with Crippen LogP contribution < -0.4 is 10.8 Å². The molecular weight excluding hydrogens is 380 g/mol. The number of fused-ring (bicyclic) bond motifs is 2. The predicted octanol–water partition coefficient (Wildman–Crippen LogP) is 1.95. The average Bonchev–Trinajstić information content (AvgIpc) is 2.88. The van der Waals surface area contributed by atoms with Crippen molar-refractivity contribution in [2.24, 2.45) is 0 Å². The van der Waals surface area contributed by atoms with Crippen molar-refractivity contribution in [3.63, 3.8) is 0 Å². The molecule has 0 aromatic carbocycles. The molecule has 2 fully saturated rings. The lowest BCUT2D eigenvalue weighted by molar-refractivity contribution is -0.139. The minimum atomic E-state index is -0.557. The Morgan fingerprint density at radius 2 is 1.93 bits per heavy atom. The second kappa shape index (κ2) is 10.6. The number of hydroxylamine groups is 3. The maximum atomic E-state index is 12.5. The van der Waals surface area contributed by atoms with E-state index in [0.717, 1.165) is 12.8 Å². The lowest BCUT2D eigenvalue weighted by Gasteiger charge is -2.28. The van der Waals surface area contributed by atoms with E-state index in [0.29, 0.717) is 39.0 Å². The van der Waals surface area contributed by atoms with E-state index >= 15 is 0 Å². The molecule has 2 bridgehead atoms. The van der Waals surface area contributed by atoms with Gasteiger partial charge in [-0.2, -0.15) is 5.06 Å². The maximum absolute atomic E-state index is 12.5. The molecule has 0 saturated carbocycles. The third-order valence-electron chi connectivity index (χ3n) is 4.62. The van der Waals surface area contributed by atoms with Crippen molar-refractivity contribution in [1.82, 2.24) is 20.8 Å². The van der Waals surface area contributed by atoms with E-state index in [9.17, 15) is 14.4 Å². The number of carbonyl (C=O) groups excluding carboxylic acids is 3. The largest absolute Gasteiger partial charge is 0.444 e. The van der Waals surface area contributed by atoms with Crippen molar-refractivity contribution < 1.29 is 28.8 Å². The van der Waals surface area contributed by atoms with Gasteiger partial charge in [-0.3, -0.25) is 14.5 Å². The Morgan fingerprint density at radius 1 is 1.17 bits per heavy atom. The standard InChI is InChI=1S/C19H34N4O6/c1-5-6-12-28-23-14-8-9-15(22(13-14)18(23)26)16(24)21-27-11-7-10-20-17(25)29-19(2,3)4/h14-15H,5-13H2,1-4H3,(H,20,25)(H,21,24)/t14-,15-/m0/s1. The number of unbranched alkanes of at least 4 members (excludes halogenated alkanes) is 1. The molecule has 2 aliphatic rings. The second-order valence-corrected chi connectivity index (χ2v) is 8.29. The van der Waals surface area contributed by atoms with Crippen LogP contribution in [-0.4, -0.2) is 72.0 Å². The Morgan fingerprint density at radius 3 is 2.62 bits per heavy atom. The van der Waals surface area contributed by atoms with Crippen LogP contribution in [0.5, 0.6) is 0 Å². The second-order valence-electron chi connectivity index (χ2n) is 8.29. The molecule has 166 valence electrons. The van der Waals surface area contributed by atoms with E-state index in [2.05, 4.69) is 17.7 Å². The maximum Gasteiger partial charge on any atom is 0.407 e. The van der Waals surface area contributed by atoms with Crippen molar-refractivity contribution in [1.29, 1.82) is 0 Å². The first-order valence-electron chi connectivity index (χ1n) is 10.3. The summed E-state index contributed by atoms with van der Waals surface area (Å²) < 4.78 is 5.13. The Hall–Kier alpha value is -2.07. The van der Waals surface area contributed by atoms with E-state index in [4.69, 9.17) is 14.4 Å². The van der Waals surface area contributed by atoms with Crippen LogP contribution in [0.3, 0.4) is 0 Å². The van der Waals surface area contributed by atoms with Crippen molar-refractivity contribution >= 4 is 18.0 Å². The number of amides is 4. The Balaban J connectivity index is 1.65. The smallest absolute Gasteiger partial charge is 0.407 e. The van der Waals surface area contributed by atoms with Gasteiger partial charge in [-0.25, -0.2) is 15.1 Å². The number of rotatable bonds is 10. The fourth-order valence-electron chi connectivity index (χ4n) is 3.22. The van der Waals surface area contributed by atoms with Gasteiger partial charge >= 0.3 is 12.1 Å². The lowest BCUT2D eigenvalue weighted by atomic mass is 10.0. The minimum Gasteiger partial charge on any atom is -0.444 e. The van der Waals surface area contributed by atoms with Crippen molar-refractivity contribution in [3.8, 4) is 0 Å². The summed E-state index contributed by atoms with van der Waals surface area (Å²) in [5.74, 6) is -0.340. The number of alkyl carbamates (subject to hydrolysis) is 1. The van der Waals surface area contributed by atoms with Crippen LogP contribution in [-0.2, 0) is 19.2 Å². The van der Waals surface area contributed by atoms with Gasteiger partial charge in [0.25, 0.3) is 5.91 Å². The molecule has 2 N–H and O–H groups in total. The van der Waals surface area contributed by atoms with E-state index in [-0.39, 0.29) is 24.6 Å². The van der Waals surface area contributed by atoms with Crippen molar-refractivity contribution in [2.75, 3.05) is 26.3 Å². The van der Waals surface area contributed by atoms with Gasteiger partial charge in [0, 0.05) is 13.1 Å². The average molecular weight is 415 g/mol. The highest BCUT2D eigenvalue weighted by atomic mass is 16.7. The summed E-state index contributed by atoms with van der Waals surface area (Å²) in [4.78, 5) is 48.8. The molecular formula is C19H34N4O6. The van der Waals surface area contributed by atoms with E-state index in [1.165, 1.54) is 5.06 Å². The molecule has 2 saturated heterocycles. The number of carbonyl (C=O) groups is 3. The monoisotopic (exact) mass is 414 g/mol.